The van der Waals surface area contributed by atoms with Crippen LogP contribution in [0.2, 0.25) is 0 Å². The van der Waals surface area contributed by atoms with Gasteiger partial charge in [0.05, 0.1) is 12.8 Å². The minimum absolute atomic E-state index is 0.162. The van der Waals surface area contributed by atoms with Gasteiger partial charge in [0, 0.05) is 6.42 Å². The lowest BCUT2D eigenvalue weighted by Gasteiger charge is -2.28. The number of urea groups is 1. The van der Waals surface area contributed by atoms with Crippen LogP contribution in [0, 0.1) is 5.82 Å². The van der Waals surface area contributed by atoms with Gasteiger partial charge in [-0.2, -0.15) is 0 Å². The first-order chi connectivity index (χ1) is 16.4. The average Bonchev–Trinajstić information content (AvgIpc) is 2.82. The number of ether oxygens (including phenoxy) is 1. The number of imide groups is 2. The number of para-hydroxylation sites is 1. The highest BCUT2D eigenvalue weighted by Crippen LogP contribution is 2.28. The zero-order valence-electron chi connectivity index (χ0n) is 18.8. The summed E-state index contributed by atoms with van der Waals surface area (Å²) < 4.78 is 19.0. The molecule has 0 atom stereocenters. The lowest BCUT2D eigenvalue weighted by Crippen LogP contribution is -2.54. The van der Waals surface area contributed by atoms with E-state index < -0.39 is 17.8 Å². The number of hydrogen-bond donors (Lipinski definition) is 1. The summed E-state index contributed by atoms with van der Waals surface area (Å²) in [6.45, 7) is 1.92. The van der Waals surface area contributed by atoms with E-state index in [2.05, 4.69) is 5.32 Å². The Morgan fingerprint density at radius 1 is 0.971 bits per heavy atom. The summed E-state index contributed by atoms with van der Waals surface area (Å²) in [5.74, 6) is -1.24. The minimum Gasteiger partial charge on any atom is -0.496 e. The molecule has 1 saturated heterocycles. The molecule has 1 N–H and O–H groups in total. The number of carbonyl (C=O) groups is 3. The van der Waals surface area contributed by atoms with Crippen LogP contribution in [0.25, 0.3) is 6.08 Å². The molecule has 3 aromatic carbocycles. The van der Waals surface area contributed by atoms with Gasteiger partial charge in [0.15, 0.2) is 0 Å². The van der Waals surface area contributed by atoms with Gasteiger partial charge in [0.1, 0.15) is 17.1 Å². The molecule has 0 saturated carbocycles. The van der Waals surface area contributed by atoms with Crippen molar-refractivity contribution in [3.05, 3.63) is 100 Å². The third-order valence-electron chi connectivity index (χ3n) is 5.62. The van der Waals surface area contributed by atoms with Crippen molar-refractivity contribution < 1.29 is 23.5 Å². The lowest BCUT2D eigenvalue weighted by atomic mass is 10.00. The van der Waals surface area contributed by atoms with Crippen LogP contribution in [0.15, 0.2) is 72.3 Å². The topological polar surface area (TPSA) is 75.7 Å². The van der Waals surface area contributed by atoms with Gasteiger partial charge in [0.2, 0.25) is 0 Å². The van der Waals surface area contributed by atoms with Crippen LogP contribution in [-0.2, 0) is 22.4 Å². The summed E-state index contributed by atoms with van der Waals surface area (Å²) in [5, 5.41) is 2.25. The highest BCUT2D eigenvalue weighted by Gasteiger charge is 2.37. The van der Waals surface area contributed by atoms with Crippen LogP contribution in [0.4, 0.5) is 14.9 Å². The van der Waals surface area contributed by atoms with Crippen LogP contribution < -0.4 is 15.0 Å². The molecule has 0 spiro atoms. The number of carbonyl (C=O) groups excluding carboxylic acids is 3. The van der Waals surface area contributed by atoms with Gasteiger partial charge in [-0.3, -0.25) is 14.9 Å². The molecule has 0 unspecified atom stereocenters. The molecule has 1 heterocycles. The molecule has 6 nitrogen and oxygen atoms in total. The molecule has 7 heteroatoms. The highest BCUT2D eigenvalue weighted by molar-refractivity contribution is 6.39. The van der Waals surface area contributed by atoms with E-state index in [0.717, 1.165) is 21.6 Å². The van der Waals surface area contributed by atoms with Crippen LogP contribution >= 0.6 is 0 Å². The normalized spacial score (nSPS) is 15.0. The Hall–Kier alpha value is -4.26. The van der Waals surface area contributed by atoms with Crippen LogP contribution in [0.5, 0.6) is 5.75 Å². The summed E-state index contributed by atoms with van der Waals surface area (Å²) in [7, 11) is 1.52. The number of rotatable bonds is 6. The van der Waals surface area contributed by atoms with E-state index in [1.54, 1.807) is 36.4 Å². The van der Waals surface area contributed by atoms with Gasteiger partial charge in [-0.15, -0.1) is 0 Å². The fraction of sp³-hybridized carbons (Fsp3) is 0.148. The molecular weight excluding hydrogens is 435 g/mol. The molecule has 1 aliphatic heterocycles. The maximum atomic E-state index is 13.5. The first-order valence-electron chi connectivity index (χ1n) is 10.8. The number of amides is 4. The molecule has 0 aliphatic carbocycles. The minimum atomic E-state index is -0.781. The van der Waals surface area contributed by atoms with E-state index in [0.29, 0.717) is 29.8 Å². The van der Waals surface area contributed by atoms with Gasteiger partial charge in [-0.25, -0.2) is 14.1 Å². The second kappa shape index (κ2) is 9.70. The molecule has 0 radical (unpaired) electrons. The number of anilines is 1. The third kappa shape index (κ3) is 4.59. The summed E-state index contributed by atoms with van der Waals surface area (Å²) in [6.07, 6.45) is 2.50. The fourth-order valence-corrected chi connectivity index (χ4v) is 3.93. The molecule has 3 aromatic rings. The Bertz CT molecular complexity index is 1320. The van der Waals surface area contributed by atoms with Crippen molar-refractivity contribution in [1.82, 2.24) is 5.32 Å². The van der Waals surface area contributed by atoms with Gasteiger partial charge in [-0.1, -0.05) is 49.4 Å². The summed E-state index contributed by atoms with van der Waals surface area (Å²) in [4.78, 5) is 39.3. The van der Waals surface area contributed by atoms with E-state index in [-0.39, 0.29) is 11.4 Å². The highest BCUT2D eigenvalue weighted by atomic mass is 19.1. The molecule has 1 aliphatic rings. The molecular formula is C27H23FN2O4. The van der Waals surface area contributed by atoms with Gasteiger partial charge in [0.25, 0.3) is 11.8 Å². The first-order valence-corrected chi connectivity index (χ1v) is 10.8. The molecule has 0 bridgehead atoms. The maximum Gasteiger partial charge on any atom is 0.335 e. The maximum absolute atomic E-state index is 13.5. The predicted molar refractivity (Wildman–Crippen MR) is 127 cm³/mol. The number of nitrogens with one attached hydrogen (secondary N) is 1. The Labute approximate surface area is 196 Å². The standard InChI is InChI=1S/C27H23FN2O4/c1-3-19-8-4-5-10-23(19)30-26(32)22(25(31)29-27(30)33)15-18-11-12-20(24(16-18)34-2)13-17-7-6-9-21(28)14-17/h4-12,14-16H,3,13H2,1-2H3,(H,29,31,33)/b22-15-. The Kier molecular flexibility index (Phi) is 6.54. The number of aryl methyl sites for hydroxylation is 1. The van der Waals surface area contributed by atoms with Crippen molar-refractivity contribution >= 4 is 29.6 Å². The molecule has 1 fully saturated rings. The van der Waals surface area contributed by atoms with E-state index >= 15 is 0 Å². The van der Waals surface area contributed by atoms with Gasteiger partial charge < -0.3 is 4.74 Å². The number of methoxy groups -OCH3 is 1. The molecule has 4 rings (SSSR count). The van der Waals surface area contributed by atoms with E-state index in [9.17, 15) is 18.8 Å². The summed E-state index contributed by atoms with van der Waals surface area (Å²) in [5.41, 5.74) is 3.25. The summed E-state index contributed by atoms with van der Waals surface area (Å²) >= 11 is 0. The average molecular weight is 458 g/mol. The van der Waals surface area contributed by atoms with Crippen LogP contribution in [0.3, 0.4) is 0 Å². The summed E-state index contributed by atoms with van der Waals surface area (Å²) in [6, 6.07) is 17.8. The largest absolute Gasteiger partial charge is 0.496 e. The van der Waals surface area contributed by atoms with Crippen molar-refractivity contribution in [2.24, 2.45) is 0 Å². The second-order valence-electron chi connectivity index (χ2n) is 7.82. The fourth-order valence-electron chi connectivity index (χ4n) is 3.93. The lowest BCUT2D eigenvalue weighted by molar-refractivity contribution is -0.122. The van der Waals surface area contributed by atoms with Crippen molar-refractivity contribution in [1.29, 1.82) is 0 Å². The number of hydrogen-bond acceptors (Lipinski definition) is 4. The number of nitrogens with zero attached hydrogens (tertiary/aromatic N) is 1. The van der Waals surface area contributed by atoms with Gasteiger partial charge in [-0.05, 0) is 59.0 Å². The van der Waals surface area contributed by atoms with E-state index in [1.807, 2.05) is 25.1 Å². The third-order valence-corrected chi connectivity index (χ3v) is 5.62. The zero-order valence-corrected chi connectivity index (χ0v) is 18.8. The van der Waals surface area contributed by atoms with E-state index in [4.69, 9.17) is 4.74 Å². The Morgan fingerprint density at radius 3 is 2.50 bits per heavy atom. The quantitative estimate of drug-likeness (QED) is 0.431. The SMILES string of the molecule is CCc1ccccc1N1C(=O)NC(=O)/C(=C/c2ccc(Cc3cccc(F)c3)c(OC)c2)C1=O. The predicted octanol–water partition coefficient (Wildman–Crippen LogP) is 4.65. The molecule has 4 amide bonds. The van der Waals surface area contributed by atoms with Crippen molar-refractivity contribution in [2.75, 3.05) is 12.0 Å². The van der Waals surface area contributed by atoms with Crippen LogP contribution in [0.1, 0.15) is 29.2 Å². The number of benzene rings is 3. The van der Waals surface area contributed by atoms with Crippen LogP contribution in [-0.4, -0.2) is 25.0 Å². The van der Waals surface area contributed by atoms with Gasteiger partial charge >= 0.3 is 6.03 Å². The first kappa shape index (κ1) is 22.9. The molecule has 172 valence electrons. The van der Waals surface area contributed by atoms with Crippen molar-refractivity contribution in [3.63, 3.8) is 0 Å². The number of barbiturate groups is 1. The van der Waals surface area contributed by atoms with E-state index in [1.165, 1.54) is 25.3 Å². The number of halogens is 1. The Morgan fingerprint density at radius 2 is 1.76 bits per heavy atom. The van der Waals surface area contributed by atoms with Crippen molar-refractivity contribution in [2.45, 2.75) is 19.8 Å². The molecule has 34 heavy (non-hydrogen) atoms. The smallest absolute Gasteiger partial charge is 0.335 e. The zero-order chi connectivity index (χ0) is 24.2. The second-order valence-corrected chi connectivity index (χ2v) is 7.82. The van der Waals surface area contributed by atoms with Crippen molar-refractivity contribution in [3.8, 4) is 5.75 Å². The molecule has 0 aromatic heterocycles. The monoisotopic (exact) mass is 458 g/mol. The Balaban J connectivity index is 1.67.